The van der Waals surface area contributed by atoms with Crippen LogP contribution < -0.4 is 10.6 Å². The maximum absolute atomic E-state index is 11.5. The molecule has 1 heterocycles. The number of nitrogens with zero attached hydrogens (tertiary/aromatic N) is 2. The maximum atomic E-state index is 11.5. The van der Waals surface area contributed by atoms with Crippen LogP contribution in [0, 0.1) is 5.92 Å². The molecule has 0 aromatic carbocycles. The first kappa shape index (κ1) is 16.0. The molecule has 7 heteroatoms. The lowest BCUT2D eigenvalue weighted by molar-refractivity contribution is -0.137. The third kappa shape index (κ3) is 6.77. The predicted octanol–water partition coefficient (Wildman–Crippen LogP) is 1.11. The molecule has 7 nitrogen and oxygen atoms in total. The molecule has 0 bridgehead atoms. The van der Waals surface area contributed by atoms with Gasteiger partial charge in [-0.1, -0.05) is 6.92 Å². The second kappa shape index (κ2) is 8.19. The number of aryl methyl sites for hydroxylation is 1. The summed E-state index contributed by atoms with van der Waals surface area (Å²) < 4.78 is 1.68. The van der Waals surface area contributed by atoms with Gasteiger partial charge in [-0.2, -0.15) is 5.10 Å². The van der Waals surface area contributed by atoms with Crippen molar-refractivity contribution in [3.63, 3.8) is 0 Å². The van der Waals surface area contributed by atoms with Crippen molar-refractivity contribution in [1.82, 2.24) is 20.4 Å². The van der Waals surface area contributed by atoms with Gasteiger partial charge < -0.3 is 15.7 Å². The van der Waals surface area contributed by atoms with Crippen LogP contribution in [0.5, 0.6) is 0 Å². The zero-order valence-corrected chi connectivity index (χ0v) is 11.9. The fourth-order valence-electron chi connectivity index (χ4n) is 1.75. The molecule has 3 N–H and O–H groups in total. The lowest BCUT2D eigenvalue weighted by Gasteiger charge is -2.11. The summed E-state index contributed by atoms with van der Waals surface area (Å²) in [6.07, 6.45) is 5.12. The van der Waals surface area contributed by atoms with E-state index in [1.54, 1.807) is 10.9 Å². The number of urea groups is 1. The maximum Gasteiger partial charge on any atom is 0.315 e. The third-order valence-electron chi connectivity index (χ3n) is 2.99. The van der Waals surface area contributed by atoms with Gasteiger partial charge in [0.1, 0.15) is 0 Å². The number of carboxylic acids is 1. The van der Waals surface area contributed by atoms with Crippen LogP contribution in [0.4, 0.5) is 4.79 Å². The van der Waals surface area contributed by atoms with Gasteiger partial charge in [0.25, 0.3) is 0 Å². The highest BCUT2D eigenvalue weighted by Gasteiger charge is 2.06. The Morgan fingerprint density at radius 2 is 2.15 bits per heavy atom. The Hall–Kier alpha value is -2.05. The van der Waals surface area contributed by atoms with Crippen molar-refractivity contribution in [2.75, 3.05) is 6.54 Å². The second-order valence-electron chi connectivity index (χ2n) is 4.96. The van der Waals surface area contributed by atoms with E-state index in [1.807, 2.05) is 20.2 Å². The minimum absolute atomic E-state index is 0.175. The van der Waals surface area contributed by atoms with Crippen LogP contribution >= 0.6 is 0 Å². The normalized spacial score (nSPS) is 11.9. The number of nitrogens with one attached hydrogen (secondary N) is 2. The Morgan fingerprint density at radius 1 is 1.40 bits per heavy atom. The second-order valence-corrected chi connectivity index (χ2v) is 4.96. The summed E-state index contributed by atoms with van der Waals surface area (Å²) in [4.78, 5) is 21.9. The first-order valence-electron chi connectivity index (χ1n) is 6.68. The van der Waals surface area contributed by atoms with Gasteiger partial charge in [0, 0.05) is 38.3 Å². The summed E-state index contributed by atoms with van der Waals surface area (Å²) in [5.41, 5.74) is 0.942. The molecule has 0 aliphatic carbocycles. The summed E-state index contributed by atoms with van der Waals surface area (Å²) in [5.74, 6) is -0.497. The zero-order valence-electron chi connectivity index (χ0n) is 11.9. The molecular weight excluding hydrogens is 260 g/mol. The van der Waals surface area contributed by atoms with E-state index < -0.39 is 5.97 Å². The van der Waals surface area contributed by atoms with Crippen LogP contribution in [0.1, 0.15) is 31.7 Å². The van der Waals surface area contributed by atoms with Crippen molar-refractivity contribution < 1.29 is 14.7 Å². The number of carbonyl (C=O) groups excluding carboxylic acids is 1. The molecule has 0 spiro atoms. The van der Waals surface area contributed by atoms with Crippen LogP contribution in [-0.2, 0) is 18.4 Å². The number of aliphatic carboxylic acids is 1. The van der Waals surface area contributed by atoms with Gasteiger partial charge >= 0.3 is 12.0 Å². The molecule has 1 aromatic heterocycles. The van der Waals surface area contributed by atoms with Gasteiger partial charge in [0.15, 0.2) is 0 Å². The molecule has 1 aromatic rings. The number of amides is 2. The smallest absolute Gasteiger partial charge is 0.315 e. The largest absolute Gasteiger partial charge is 0.481 e. The molecule has 0 aliphatic rings. The van der Waals surface area contributed by atoms with Gasteiger partial charge in [-0.05, 0) is 18.8 Å². The molecule has 1 unspecified atom stereocenters. The fourth-order valence-corrected chi connectivity index (χ4v) is 1.75. The van der Waals surface area contributed by atoms with Crippen molar-refractivity contribution in [2.45, 2.75) is 32.7 Å². The first-order valence-corrected chi connectivity index (χ1v) is 6.68. The summed E-state index contributed by atoms with van der Waals surface area (Å²) in [7, 11) is 1.82. The van der Waals surface area contributed by atoms with Gasteiger partial charge in [-0.3, -0.25) is 9.48 Å². The number of hydrogen-bond donors (Lipinski definition) is 3. The van der Waals surface area contributed by atoms with Gasteiger partial charge in [0.2, 0.25) is 0 Å². The van der Waals surface area contributed by atoms with Crippen molar-refractivity contribution in [3.05, 3.63) is 18.0 Å². The molecule has 20 heavy (non-hydrogen) atoms. The molecule has 0 saturated carbocycles. The molecule has 112 valence electrons. The number of aromatic nitrogens is 2. The van der Waals surface area contributed by atoms with E-state index in [1.165, 1.54) is 0 Å². The highest BCUT2D eigenvalue weighted by molar-refractivity contribution is 5.73. The molecule has 2 amide bonds. The Kier molecular flexibility index (Phi) is 6.55. The average molecular weight is 282 g/mol. The minimum atomic E-state index is -0.779. The molecule has 1 atom stereocenters. The quantitative estimate of drug-likeness (QED) is 0.665. The van der Waals surface area contributed by atoms with E-state index in [4.69, 9.17) is 5.11 Å². The summed E-state index contributed by atoms with van der Waals surface area (Å²) in [6.45, 7) is 2.96. The molecule has 0 fully saturated rings. The molecule has 0 aliphatic heterocycles. The van der Waals surface area contributed by atoms with Crippen molar-refractivity contribution in [3.8, 4) is 0 Å². The summed E-state index contributed by atoms with van der Waals surface area (Å²) in [5, 5.41) is 18.1. The van der Waals surface area contributed by atoms with E-state index in [-0.39, 0.29) is 18.4 Å². The molecule has 0 saturated heterocycles. The fraction of sp³-hybridized carbons (Fsp3) is 0.615. The van der Waals surface area contributed by atoms with Crippen LogP contribution in [0.3, 0.4) is 0 Å². The standard InChI is InChI=1S/C13H22N4O3/c1-10(3-4-12(18)19)5-6-14-13(20)15-7-11-8-16-17(2)9-11/h8-10H,3-7H2,1-2H3,(H,18,19)(H2,14,15,20). The van der Waals surface area contributed by atoms with Gasteiger partial charge in [-0.25, -0.2) is 4.79 Å². The Labute approximate surface area is 118 Å². The van der Waals surface area contributed by atoms with E-state index in [9.17, 15) is 9.59 Å². The Balaban J connectivity index is 2.09. The zero-order chi connectivity index (χ0) is 15.0. The van der Waals surface area contributed by atoms with Crippen LogP contribution in [0.25, 0.3) is 0 Å². The van der Waals surface area contributed by atoms with Crippen LogP contribution in [0.15, 0.2) is 12.4 Å². The summed E-state index contributed by atoms with van der Waals surface area (Å²) in [6, 6.07) is -0.223. The average Bonchev–Trinajstić information content (AvgIpc) is 2.80. The monoisotopic (exact) mass is 282 g/mol. The summed E-state index contributed by atoms with van der Waals surface area (Å²) >= 11 is 0. The minimum Gasteiger partial charge on any atom is -0.481 e. The van der Waals surface area contributed by atoms with Crippen LogP contribution in [-0.4, -0.2) is 33.4 Å². The Morgan fingerprint density at radius 3 is 2.75 bits per heavy atom. The highest BCUT2D eigenvalue weighted by Crippen LogP contribution is 2.08. The van der Waals surface area contributed by atoms with E-state index >= 15 is 0 Å². The number of rotatable bonds is 8. The highest BCUT2D eigenvalue weighted by atomic mass is 16.4. The SMILES string of the molecule is CC(CCNC(=O)NCc1cnn(C)c1)CCC(=O)O. The number of carbonyl (C=O) groups is 2. The lowest BCUT2D eigenvalue weighted by Crippen LogP contribution is -2.36. The molecule has 1 rings (SSSR count). The van der Waals surface area contributed by atoms with E-state index in [0.29, 0.717) is 19.5 Å². The van der Waals surface area contributed by atoms with Gasteiger partial charge in [-0.15, -0.1) is 0 Å². The van der Waals surface area contributed by atoms with E-state index in [0.717, 1.165) is 12.0 Å². The topological polar surface area (TPSA) is 96.3 Å². The molecular formula is C13H22N4O3. The van der Waals surface area contributed by atoms with Gasteiger partial charge in [0.05, 0.1) is 6.20 Å². The number of carboxylic acid groups (broad SMARTS) is 1. The third-order valence-corrected chi connectivity index (χ3v) is 2.99. The first-order chi connectivity index (χ1) is 9.47. The van der Waals surface area contributed by atoms with Crippen molar-refractivity contribution in [2.24, 2.45) is 13.0 Å². The van der Waals surface area contributed by atoms with Crippen molar-refractivity contribution >= 4 is 12.0 Å². The van der Waals surface area contributed by atoms with Crippen molar-refractivity contribution in [1.29, 1.82) is 0 Å². The number of hydrogen-bond acceptors (Lipinski definition) is 3. The van der Waals surface area contributed by atoms with Crippen LogP contribution in [0.2, 0.25) is 0 Å². The molecule has 0 radical (unpaired) electrons. The lowest BCUT2D eigenvalue weighted by atomic mass is 10.0. The van der Waals surface area contributed by atoms with E-state index in [2.05, 4.69) is 15.7 Å². The Bertz CT molecular complexity index is 445. The predicted molar refractivity (Wildman–Crippen MR) is 74.1 cm³/mol.